The van der Waals surface area contributed by atoms with E-state index in [0.717, 1.165) is 17.9 Å². The monoisotopic (exact) mass is 186 g/mol. The highest BCUT2D eigenvalue weighted by atomic mass is 32.2. The first kappa shape index (κ1) is 8.20. The second-order valence-corrected chi connectivity index (χ2v) is 5.95. The van der Waals surface area contributed by atoms with Crippen LogP contribution in [0.4, 0.5) is 0 Å². The van der Waals surface area contributed by atoms with Crippen LogP contribution in [0.2, 0.25) is 0 Å². The molecule has 0 aromatic heterocycles. The predicted octanol–water partition coefficient (Wildman–Crippen LogP) is 2.44. The minimum Gasteiger partial charge on any atom is -0.469 e. The summed E-state index contributed by atoms with van der Waals surface area (Å²) in [6.07, 6.45) is 4.68. The topological polar surface area (TPSA) is 29.5 Å². The molecule has 2 heterocycles. The fourth-order valence-corrected chi connectivity index (χ4v) is 3.15. The lowest BCUT2D eigenvalue weighted by molar-refractivity contribution is 0.339. The smallest absolute Gasteiger partial charge is 0.114 e. The fourth-order valence-electron chi connectivity index (χ4n) is 1.69. The van der Waals surface area contributed by atoms with Gasteiger partial charge in [-0.25, -0.2) is 0 Å². The van der Waals surface area contributed by atoms with Gasteiger partial charge in [0, 0.05) is 4.75 Å². The van der Waals surface area contributed by atoms with Gasteiger partial charge in [0.1, 0.15) is 5.76 Å². The van der Waals surface area contributed by atoms with Crippen LogP contribution >= 0.6 is 11.2 Å². The molecule has 0 amide bonds. The van der Waals surface area contributed by atoms with E-state index in [2.05, 4.69) is 13.8 Å². The third kappa shape index (κ3) is 1.00. The molecule has 0 aliphatic carbocycles. The van der Waals surface area contributed by atoms with Crippen LogP contribution in [0.25, 0.3) is 0 Å². The predicted molar refractivity (Wildman–Crippen MR) is 52.4 cm³/mol. The molecule has 0 saturated heterocycles. The Balaban J connectivity index is 2.33. The Bertz CT molecular complexity index is 266. The van der Waals surface area contributed by atoms with Crippen molar-refractivity contribution < 1.29 is 9.29 Å². The Hall–Kier alpha value is -0.410. The lowest BCUT2D eigenvalue weighted by Gasteiger charge is -2.28. The van der Waals surface area contributed by atoms with E-state index in [-0.39, 0.29) is 4.75 Å². The molecule has 0 spiro atoms. The zero-order valence-electron chi connectivity index (χ0n) is 7.37. The first-order valence-electron chi connectivity index (χ1n) is 4.13. The number of thiol groups is 1. The van der Waals surface area contributed by atoms with Crippen molar-refractivity contribution in [2.24, 2.45) is 0 Å². The van der Waals surface area contributed by atoms with Gasteiger partial charge >= 0.3 is 0 Å². The minimum atomic E-state index is -0.898. The van der Waals surface area contributed by atoms with Crippen molar-refractivity contribution in [1.82, 2.24) is 0 Å². The SMILES string of the molecule is CC1(C)C2=C(C[SH]1O)OC=CC2. The number of hydrogen-bond acceptors (Lipinski definition) is 2. The molecule has 1 unspecified atom stereocenters. The summed E-state index contributed by atoms with van der Waals surface area (Å²) < 4.78 is 15.1. The molecule has 12 heavy (non-hydrogen) atoms. The van der Waals surface area contributed by atoms with Crippen LogP contribution in [0, 0.1) is 0 Å². The standard InChI is InChI=1S/C9H14O2S/c1-9(2)7-4-3-5-11-8(7)6-12(9)10/h3,5,10,12H,4,6H2,1-2H3. The summed E-state index contributed by atoms with van der Waals surface area (Å²) in [6.45, 7) is 4.20. The maximum Gasteiger partial charge on any atom is 0.114 e. The Labute approximate surface area is 75.5 Å². The molecule has 0 saturated carbocycles. The molecule has 2 rings (SSSR count). The Morgan fingerprint density at radius 1 is 1.58 bits per heavy atom. The molecule has 0 fully saturated rings. The van der Waals surface area contributed by atoms with Gasteiger partial charge in [0.25, 0.3) is 0 Å². The first-order chi connectivity index (χ1) is 5.62. The molecule has 0 aromatic rings. The molecule has 0 bridgehead atoms. The first-order valence-corrected chi connectivity index (χ1v) is 5.61. The van der Waals surface area contributed by atoms with Crippen molar-refractivity contribution in [1.29, 1.82) is 0 Å². The summed E-state index contributed by atoms with van der Waals surface area (Å²) in [5.41, 5.74) is 1.29. The van der Waals surface area contributed by atoms with Crippen LogP contribution in [0.15, 0.2) is 23.7 Å². The third-order valence-electron chi connectivity index (χ3n) is 2.64. The lowest BCUT2D eigenvalue weighted by Crippen LogP contribution is -2.19. The number of ether oxygens (including phenoxy) is 1. The summed E-state index contributed by atoms with van der Waals surface area (Å²) >= 11 is -0.898. The van der Waals surface area contributed by atoms with Crippen molar-refractivity contribution in [2.45, 2.75) is 25.0 Å². The van der Waals surface area contributed by atoms with Crippen LogP contribution in [0.3, 0.4) is 0 Å². The summed E-state index contributed by atoms with van der Waals surface area (Å²) in [4.78, 5) is 0. The van der Waals surface area contributed by atoms with Crippen molar-refractivity contribution in [3.63, 3.8) is 0 Å². The van der Waals surface area contributed by atoms with E-state index < -0.39 is 11.2 Å². The molecule has 1 N–H and O–H groups in total. The highest BCUT2D eigenvalue weighted by molar-refractivity contribution is 8.13. The van der Waals surface area contributed by atoms with Crippen LogP contribution in [0.5, 0.6) is 0 Å². The summed E-state index contributed by atoms with van der Waals surface area (Å²) in [5, 5.41) is 0. The average Bonchev–Trinajstić information content (AvgIpc) is 2.25. The van der Waals surface area contributed by atoms with Crippen LogP contribution in [0.1, 0.15) is 20.3 Å². The van der Waals surface area contributed by atoms with Gasteiger partial charge < -0.3 is 9.29 Å². The van der Waals surface area contributed by atoms with Gasteiger partial charge in [0.15, 0.2) is 0 Å². The summed E-state index contributed by atoms with van der Waals surface area (Å²) in [6, 6.07) is 0. The van der Waals surface area contributed by atoms with Gasteiger partial charge in [-0.1, -0.05) is 0 Å². The van der Waals surface area contributed by atoms with Crippen molar-refractivity contribution >= 4 is 11.2 Å². The summed E-state index contributed by atoms with van der Waals surface area (Å²) in [7, 11) is 0. The molecular formula is C9H14O2S. The molecular weight excluding hydrogens is 172 g/mol. The van der Waals surface area contributed by atoms with Gasteiger partial charge in [-0.2, -0.15) is 0 Å². The van der Waals surface area contributed by atoms with Crippen molar-refractivity contribution in [3.8, 4) is 0 Å². The Morgan fingerprint density at radius 2 is 2.33 bits per heavy atom. The number of hydrogen-bond donors (Lipinski definition) is 2. The maximum atomic E-state index is 9.80. The molecule has 2 nitrogen and oxygen atoms in total. The van der Waals surface area contributed by atoms with Crippen LogP contribution in [-0.4, -0.2) is 15.1 Å². The van der Waals surface area contributed by atoms with E-state index >= 15 is 0 Å². The molecule has 68 valence electrons. The molecule has 2 aliphatic heterocycles. The van der Waals surface area contributed by atoms with Crippen molar-refractivity contribution in [3.05, 3.63) is 23.7 Å². The zero-order chi connectivity index (χ0) is 8.77. The fraction of sp³-hybridized carbons (Fsp3) is 0.556. The second-order valence-electron chi connectivity index (χ2n) is 3.71. The quantitative estimate of drug-likeness (QED) is 0.569. The zero-order valence-corrected chi connectivity index (χ0v) is 8.27. The van der Waals surface area contributed by atoms with E-state index in [9.17, 15) is 4.55 Å². The molecule has 1 atom stereocenters. The van der Waals surface area contributed by atoms with E-state index in [1.54, 1.807) is 6.26 Å². The summed E-state index contributed by atoms with van der Waals surface area (Å²) in [5.74, 6) is 1.75. The van der Waals surface area contributed by atoms with Crippen LogP contribution < -0.4 is 0 Å². The van der Waals surface area contributed by atoms with Gasteiger partial charge in [0.05, 0.1) is 12.0 Å². The van der Waals surface area contributed by atoms with Gasteiger partial charge in [-0.15, -0.1) is 11.2 Å². The van der Waals surface area contributed by atoms with E-state index in [1.807, 2.05) is 6.08 Å². The number of allylic oxidation sites excluding steroid dienone is 1. The normalized spacial score (nSPS) is 34.8. The highest BCUT2D eigenvalue weighted by Gasteiger charge is 2.39. The van der Waals surface area contributed by atoms with Gasteiger partial charge in [-0.05, 0) is 31.9 Å². The van der Waals surface area contributed by atoms with Gasteiger partial charge in [0.2, 0.25) is 0 Å². The maximum absolute atomic E-state index is 9.80. The Kier molecular flexibility index (Phi) is 1.73. The van der Waals surface area contributed by atoms with Crippen LogP contribution in [-0.2, 0) is 4.74 Å². The lowest BCUT2D eigenvalue weighted by atomic mass is 9.97. The molecule has 2 aliphatic rings. The largest absolute Gasteiger partial charge is 0.469 e. The number of rotatable bonds is 0. The van der Waals surface area contributed by atoms with E-state index in [4.69, 9.17) is 4.74 Å². The Morgan fingerprint density at radius 3 is 3.00 bits per heavy atom. The highest BCUT2D eigenvalue weighted by Crippen LogP contribution is 2.53. The van der Waals surface area contributed by atoms with E-state index in [1.165, 1.54) is 5.57 Å². The molecule has 0 radical (unpaired) electrons. The molecule has 3 heteroatoms. The second kappa shape index (κ2) is 2.54. The van der Waals surface area contributed by atoms with Gasteiger partial charge in [-0.3, -0.25) is 0 Å². The average molecular weight is 186 g/mol. The van der Waals surface area contributed by atoms with E-state index in [0.29, 0.717) is 0 Å². The van der Waals surface area contributed by atoms with Crippen molar-refractivity contribution in [2.75, 3.05) is 5.75 Å². The molecule has 0 aromatic carbocycles. The third-order valence-corrected chi connectivity index (χ3v) is 4.79. The minimum absolute atomic E-state index is 0.0323.